The van der Waals surface area contributed by atoms with Crippen LogP contribution in [0, 0.1) is 6.92 Å². The van der Waals surface area contributed by atoms with E-state index in [0.29, 0.717) is 5.02 Å². The minimum atomic E-state index is 0.0200. The summed E-state index contributed by atoms with van der Waals surface area (Å²) in [4.78, 5) is 18.7. The van der Waals surface area contributed by atoms with Gasteiger partial charge < -0.3 is 0 Å². The van der Waals surface area contributed by atoms with Gasteiger partial charge >= 0.3 is 0 Å². The van der Waals surface area contributed by atoms with Gasteiger partial charge in [0.15, 0.2) is 5.16 Å². The summed E-state index contributed by atoms with van der Waals surface area (Å²) in [5, 5.41) is 1.39. The summed E-state index contributed by atoms with van der Waals surface area (Å²) in [5.74, 6) is 1.69. The van der Waals surface area contributed by atoms with Gasteiger partial charge in [-0.25, -0.2) is 4.98 Å². The Hall–Kier alpha value is -1.69. The van der Waals surface area contributed by atoms with Crippen molar-refractivity contribution in [1.82, 2.24) is 9.55 Å². The standard InChI is InChI=1S/C20H17ClN2OS2/c1-13-3-2-4-14(11-13)12-26-20-22-17-9-10-25-18(17)19(24)23(20)16-7-5-15(21)6-8-16/h2-8,11H,9-10,12H2,1H3. The monoisotopic (exact) mass is 400 g/mol. The van der Waals surface area contributed by atoms with Crippen molar-refractivity contribution in [2.45, 2.75) is 29.1 Å². The third kappa shape index (κ3) is 3.56. The van der Waals surface area contributed by atoms with Crippen LogP contribution in [-0.4, -0.2) is 15.3 Å². The fourth-order valence-electron chi connectivity index (χ4n) is 2.96. The lowest BCUT2D eigenvalue weighted by molar-refractivity contribution is 0.739. The van der Waals surface area contributed by atoms with Gasteiger partial charge in [-0.05, 0) is 36.8 Å². The van der Waals surface area contributed by atoms with E-state index in [9.17, 15) is 4.79 Å². The van der Waals surface area contributed by atoms with Crippen LogP contribution in [0.5, 0.6) is 0 Å². The minimum Gasteiger partial charge on any atom is -0.268 e. The quantitative estimate of drug-likeness (QED) is 0.449. The number of rotatable bonds is 4. The summed E-state index contributed by atoms with van der Waals surface area (Å²) in [7, 11) is 0. The molecule has 3 nitrogen and oxygen atoms in total. The van der Waals surface area contributed by atoms with Gasteiger partial charge in [0.25, 0.3) is 5.56 Å². The van der Waals surface area contributed by atoms with Crippen LogP contribution >= 0.6 is 35.1 Å². The highest BCUT2D eigenvalue weighted by Crippen LogP contribution is 2.31. The lowest BCUT2D eigenvalue weighted by Crippen LogP contribution is -2.23. The number of hydrogen-bond donors (Lipinski definition) is 0. The lowest BCUT2D eigenvalue weighted by atomic mass is 10.2. The van der Waals surface area contributed by atoms with E-state index in [0.717, 1.165) is 39.4 Å². The molecule has 4 rings (SSSR count). The Kier molecular flexibility index (Phi) is 5.11. The Bertz CT molecular complexity index is 1020. The smallest absolute Gasteiger partial charge is 0.268 e. The van der Waals surface area contributed by atoms with Crippen molar-refractivity contribution in [3.8, 4) is 5.69 Å². The van der Waals surface area contributed by atoms with Crippen LogP contribution in [0.25, 0.3) is 5.69 Å². The third-order valence-electron chi connectivity index (χ3n) is 4.20. The zero-order valence-corrected chi connectivity index (χ0v) is 16.6. The zero-order chi connectivity index (χ0) is 18.1. The molecular formula is C20H17ClN2OS2. The Labute approximate surface area is 165 Å². The molecule has 2 aromatic carbocycles. The zero-order valence-electron chi connectivity index (χ0n) is 14.2. The first kappa shape index (κ1) is 17.7. The number of aryl methyl sites for hydroxylation is 2. The molecule has 132 valence electrons. The van der Waals surface area contributed by atoms with Gasteiger partial charge in [0.1, 0.15) is 0 Å². The number of fused-ring (bicyclic) bond motifs is 1. The predicted molar refractivity (Wildman–Crippen MR) is 110 cm³/mol. The van der Waals surface area contributed by atoms with Crippen LogP contribution in [0.15, 0.2) is 63.4 Å². The van der Waals surface area contributed by atoms with Crippen LogP contribution in [-0.2, 0) is 12.2 Å². The average molecular weight is 401 g/mol. The predicted octanol–water partition coefficient (Wildman–Crippen LogP) is 5.13. The fourth-order valence-corrected chi connectivity index (χ4v) is 5.08. The summed E-state index contributed by atoms with van der Waals surface area (Å²) in [5.41, 5.74) is 4.20. The molecule has 0 amide bonds. The van der Waals surface area contributed by atoms with Crippen LogP contribution in [0.2, 0.25) is 5.02 Å². The van der Waals surface area contributed by atoms with Crippen molar-refractivity contribution in [3.05, 3.63) is 80.7 Å². The largest absolute Gasteiger partial charge is 0.272 e. The molecule has 0 atom stereocenters. The Morgan fingerprint density at radius 1 is 1.23 bits per heavy atom. The van der Waals surface area contributed by atoms with Crippen molar-refractivity contribution in [2.75, 3.05) is 5.75 Å². The third-order valence-corrected chi connectivity index (χ3v) is 6.57. The molecule has 0 radical (unpaired) electrons. The molecule has 0 N–H and O–H groups in total. The lowest BCUT2D eigenvalue weighted by Gasteiger charge is -2.14. The maximum absolute atomic E-state index is 13.1. The molecule has 6 heteroatoms. The van der Waals surface area contributed by atoms with E-state index in [-0.39, 0.29) is 5.56 Å². The Morgan fingerprint density at radius 3 is 2.81 bits per heavy atom. The van der Waals surface area contributed by atoms with Crippen molar-refractivity contribution in [2.24, 2.45) is 0 Å². The first-order chi connectivity index (χ1) is 12.6. The number of aromatic nitrogens is 2. The molecule has 1 aliphatic rings. The van der Waals surface area contributed by atoms with Crippen molar-refractivity contribution in [1.29, 1.82) is 0 Å². The Morgan fingerprint density at radius 2 is 2.04 bits per heavy atom. The van der Waals surface area contributed by atoms with Crippen LogP contribution in [0.1, 0.15) is 16.8 Å². The maximum atomic E-state index is 13.1. The molecular weight excluding hydrogens is 384 g/mol. The molecule has 0 saturated carbocycles. The molecule has 3 aromatic rings. The summed E-state index contributed by atoms with van der Waals surface area (Å²) >= 11 is 9.21. The average Bonchev–Trinajstić information content (AvgIpc) is 3.10. The van der Waals surface area contributed by atoms with E-state index in [4.69, 9.17) is 16.6 Å². The highest BCUT2D eigenvalue weighted by molar-refractivity contribution is 7.99. The highest BCUT2D eigenvalue weighted by atomic mass is 35.5. The number of nitrogens with zero attached hydrogens (tertiary/aromatic N) is 2. The minimum absolute atomic E-state index is 0.0200. The van der Waals surface area contributed by atoms with Crippen molar-refractivity contribution < 1.29 is 0 Å². The molecule has 2 heterocycles. The first-order valence-corrected chi connectivity index (χ1v) is 10.7. The normalized spacial score (nSPS) is 13.0. The molecule has 0 spiro atoms. The SMILES string of the molecule is Cc1cccc(CSc2nc3c(c(=O)n2-c2ccc(Cl)cc2)SCC3)c1. The van der Waals surface area contributed by atoms with Gasteiger partial charge in [0, 0.05) is 22.9 Å². The van der Waals surface area contributed by atoms with Crippen LogP contribution < -0.4 is 5.56 Å². The fraction of sp³-hybridized carbons (Fsp3) is 0.200. The topological polar surface area (TPSA) is 34.9 Å². The Balaban J connectivity index is 1.76. The molecule has 0 fully saturated rings. The first-order valence-electron chi connectivity index (χ1n) is 8.35. The van der Waals surface area contributed by atoms with E-state index < -0.39 is 0 Å². The summed E-state index contributed by atoms with van der Waals surface area (Å²) in [6, 6.07) is 15.8. The van der Waals surface area contributed by atoms with E-state index in [2.05, 4.69) is 31.2 Å². The van der Waals surface area contributed by atoms with Gasteiger partial charge in [0.2, 0.25) is 0 Å². The molecule has 0 unspecified atom stereocenters. The van der Waals surface area contributed by atoms with E-state index in [1.54, 1.807) is 40.2 Å². The van der Waals surface area contributed by atoms with Gasteiger partial charge in [-0.3, -0.25) is 9.36 Å². The van der Waals surface area contributed by atoms with Gasteiger partial charge in [-0.1, -0.05) is 53.2 Å². The second-order valence-corrected chi connectivity index (χ2v) is 8.65. The molecule has 0 aliphatic carbocycles. The van der Waals surface area contributed by atoms with E-state index in [1.165, 1.54) is 11.1 Å². The number of thioether (sulfide) groups is 2. The van der Waals surface area contributed by atoms with Crippen molar-refractivity contribution >= 4 is 35.1 Å². The molecule has 1 aliphatic heterocycles. The van der Waals surface area contributed by atoms with Crippen molar-refractivity contribution in [3.63, 3.8) is 0 Å². The molecule has 0 bridgehead atoms. The van der Waals surface area contributed by atoms with Crippen LogP contribution in [0.3, 0.4) is 0 Å². The van der Waals surface area contributed by atoms with Gasteiger partial charge in [-0.2, -0.15) is 0 Å². The summed E-state index contributed by atoms with van der Waals surface area (Å²) in [6.45, 7) is 2.09. The second kappa shape index (κ2) is 7.51. The van der Waals surface area contributed by atoms with Gasteiger partial charge in [-0.15, -0.1) is 11.8 Å². The second-order valence-electron chi connectivity index (χ2n) is 6.16. The number of benzene rings is 2. The highest BCUT2D eigenvalue weighted by Gasteiger charge is 2.22. The van der Waals surface area contributed by atoms with Crippen LogP contribution in [0.4, 0.5) is 0 Å². The molecule has 26 heavy (non-hydrogen) atoms. The van der Waals surface area contributed by atoms with E-state index in [1.807, 2.05) is 12.1 Å². The summed E-state index contributed by atoms with van der Waals surface area (Å²) < 4.78 is 1.72. The molecule has 0 saturated heterocycles. The number of hydrogen-bond acceptors (Lipinski definition) is 4. The van der Waals surface area contributed by atoms with E-state index >= 15 is 0 Å². The molecule has 1 aromatic heterocycles. The summed E-state index contributed by atoms with van der Waals surface area (Å²) in [6.07, 6.45) is 0.856. The number of halogens is 1. The maximum Gasteiger partial charge on any atom is 0.272 e. The van der Waals surface area contributed by atoms with Gasteiger partial charge in [0.05, 0.1) is 16.3 Å².